The maximum atomic E-state index is 12.6. The van der Waals surface area contributed by atoms with Gasteiger partial charge in [0.15, 0.2) is 6.10 Å². The summed E-state index contributed by atoms with van der Waals surface area (Å²) < 4.78 is 34.2. The second-order valence-electron chi connectivity index (χ2n) is 15.4. The number of hydrogen-bond acceptors (Lipinski definition) is 7. The Hall–Kier alpha value is -0.990. The number of esters is 2. The molecule has 2 atom stereocenters. The molecule has 0 aliphatic heterocycles. The fraction of sp³-hybridized carbons (Fsp3) is 0.950. The summed E-state index contributed by atoms with van der Waals surface area (Å²) in [4.78, 5) is 35.2. The zero-order valence-electron chi connectivity index (χ0n) is 33.4. The molecule has 0 radical (unpaired) electrons. The molecule has 0 bridgehead atoms. The van der Waals surface area contributed by atoms with E-state index in [1.165, 1.54) is 128 Å². The number of quaternary nitrogens is 1. The summed E-state index contributed by atoms with van der Waals surface area (Å²) in [5.41, 5.74) is 0. The summed E-state index contributed by atoms with van der Waals surface area (Å²) in [5.74, 6) is -0.787. The SMILES string of the molecule is CCCCCCCCCCCCCCCC(=O)OCC(COP(=O)(O)OCC[N+](C)(C)C)OC(=O)CCCCCCCCCCCCCCC. The molecule has 0 aromatic rings. The van der Waals surface area contributed by atoms with Gasteiger partial charge in [-0.25, -0.2) is 4.57 Å². The molecule has 298 valence electrons. The summed E-state index contributed by atoms with van der Waals surface area (Å²) in [5, 5.41) is 0. The first-order valence-electron chi connectivity index (χ1n) is 20.8. The number of phosphoric ester groups is 1. The number of unbranched alkanes of at least 4 members (excludes halogenated alkanes) is 24. The number of carbonyl (C=O) groups is 2. The summed E-state index contributed by atoms with van der Waals surface area (Å²) in [7, 11) is 1.49. The largest absolute Gasteiger partial charge is 0.472 e. The van der Waals surface area contributed by atoms with Crippen LogP contribution in [-0.4, -0.2) is 74.9 Å². The Morgan fingerprint density at radius 3 is 1.28 bits per heavy atom. The van der Waals surface area contributed by atoms with Crippen molar-refractivity contribution in [1.82, 2.24) is 0 Å². The van der Waals surface area contributed by atoms with Crippen LogP contribution in [0.2, 0.25) is 0 Å². The number of phosphoric acid groups is 1. The van der Waals surface area contributed by atoms with E-state index in [9.17, 15) is 19.0 Å². The first-order valence-corrected chi connectivity index (χ1v) is 22.3. The van der Waals surface area contributed by atoms with Gasteiger partial charge in [-0.05, 0) is 12.8 Å². The minimum atomic E-state index is -4.36. The lowest BCUT2D eigenvalue weighted by Crippen LogP contribution is -2.37. The van der Waals surface area contributed by atoms with E-state index in [1.807, 2.05) is 21.1 Å². The van der Waals surface area contributed by atoms with Gasteiger partial charge in [-0.15, -0.1) is 0 Å². The standard InChI is InChI=1S/C40H80NO8P/c1-6-8-10-12-14-16-18-20-22-24-26-28-30-32-39(42)46-36-38(37-48-50(44,45)47-35-34-41(3,4)5)49-40(43)33-31-29-27-25-23-21-19-17-15-13-11-9-7-2/h38H,6-37H2,1-5H3/p+1. The van der Waals surface area contributed by atoms with Crippen LogP contribution >= 0.6 is 7.82 Å². The number of carbonyl (C=O) groups excluding carboxylic acids is 2. The number of hydrogen-bond donors (Lipinski definition) is 1. The lowest BCUT2D eigenvalue weighted by molar-refractivity contribution is -0.870. The van der Waals surface area contributed by atoms with E-state index in [2.05, 4.69) is 13.8 Å². The van der Waals surface area contributed by atoms with Crippen molar-refractivity contribution in [3.05, 3.63) is 0 Å². The van der Waals surface area contributed by atoms with Crippen molar-refractivity contribution in [3.63, 3.8) is 0 Å². The Morgan fingerprint density at radius 2 is 0.900 bits per heavy atom. The quantitative estimate of drug-likeness (QED) is 0.0289. The highest BCUT2D eigenvalue weighted by Gasteiger charge is 2.27. The number of likely N-dealkylation sites (N-methyl/N-ethyl adjacent to an activating group) is 1. The van der Waals surface area contributed by atoms with E-state index in [0.29, 0.717) is 17.4 Å². The number of rotatable bonds is 38. The third kappa shape index (κ3) is 36.8. The topological polar surface area (TPSA) is 108 Å². The maximum Gasteiger partial charge on any atom is 0.472 e. The molecule has 0 saturated carbocycles. The summed E-state index contributed by atoms with van der Waals surface area (Å²) >= 11 is 0. The Kier molecular flexibility index (Phi) is 33.2. The van der Waals surface area contributed by atoms with Crippen LogP contribution in [0, 0.1) is 0 Å². The van der Waals surface area contributed by atoms with Gasteiger partial charge in [0, 0.05) is 12.8 Å². The van der Waals surface area contributed by atoms with Gasteiger partial charge in [-0.2, -0.15) is 0 Å². The highest BCUT2D eigenvalue weighted by molar-refractivity contribution is 7.47. The van der Waals surface area contributed by atoms with Crippen LogP contribution in [0.3, 0.4) is 0 Å². The van der Waals surface area contributed by atoms with Gasteiger partial charge in [0.25, 0.3) is 0 Å². The van der Waals surface area contributed by atoms with Crippen molar-refractivity contribution in [2.45, 2.75) is 200 Å². The molecule has 0 spiro atoms. The maximum absolute atomic E-state index is 12.6. The molecule has 0 aliphatic carbocycles. The fourth-order valence-electron chi connectivity index (χ4n) is 5.84. The second-order valence-corrected chi connectivity index (χ2v) is 16.8. The molecule has 0 rings (SSSR count). The van der Waals surface area contributed by atoms with Gasteiger partial charge in [-0.1, -0.05) is 168 Å². The van der Waals surface area contributed by atoms with Crippen LogP contribution in [0.1, 0.15) is 194 Å². The summed E-state index contributed by atoms with van der Waals surface area (Å²) in [6.07, 6.45) is 31.4. The van der Waals surface area contributed by atoms with Gasteiger partial charge in [0.1, 0.15) is 19.8 Å². The summed E-state index contributed by atoms with van der Waals surface area (Å²) in [6, 6.07) is 0. The Labute approximate surface area is 308 Å². The molecular formula is C40H81NO8P+. The van der Waals surface area contributed by atoms with E-state index in [1.54, 1.807) is 0 Å². The van der Waals surface area contributed by atoms with Crippen molar-refractivity contribution in [2.75, 3.05) is 47.5 Å². The lowest BCUT2D eigenvalue weighted by atomic mass is 10.0. The molecule has 0 fully saturated rings. The van der Waals surface area contributed by atoms with Crippen molar-refractivity contribution < 1.29 is 42.1 Å². The lowest BCUT2D eigenvalue weighted by Gasteiger charge is -2.24. The van der Waals surface area contributed by atoms with E-state index in [-0.39, 0.29) is 25.6 Å². The zero-order chi connectivity index (χ0) is 37.2. The molecule has 0 saturated heterocycles. The normalized spacial score (nSPS) is 13.6. The van der Waals surface area contributed by atoms with Crippen LogP contribution < -0.4 is 0 Å². The van der Waals surface area contributed by atoms with Crippen molar-refractivity contribution in [1.29, 1.82) is 0 Å². The smallest absolute Gasteiger partial charge is 0.462 e. The van der Waals surface area contributed by atoms with E-state index < -0.39 is 26.5 Å². The second kappa shape index (κ2) is 33.8. The van der Waals surface area contributed by atoms with Gasteiger partial charge in [-0.3, -0.25) is 18.6 Å². The fourth-order valence-corrected chi connectivity index (χ4v) is 6.58. The average molecular weight is 735 g/mol. The molecule has 0 heterocycles. The molecule has 10 heteroatoms. The number of ether oxygens (including phenoxy) is 2. The third-order valence-electron chi connectivity index (χ3n) is 9.14. The van der Waals surface area contributed by atoms with Crippen molar-refractivity contribution in [3.8, 4) is 0 Å². The molecule has 0 aromatic carbocycles. The Morgan fingerprint density at radius 1 is 0.540 bits per heavy atom. The van der Waals surface area contributed by atoms with Gasteiger partial charge >= 0.3 is 19.8 Å². The van der Waals surface area contributed by atoms with Crippen LogP contribution in [0.25, 0.3) is 0 Å². The molecule has 9 nitrogen and oxygen atoms in total. The monoisotopic (exact) mass is 735 g/mol. The van der Waals surface area contributed by atoms with E-state index in [4.69, 9.17) is 18.5 Å². The molecule has 50 heavy (non-hydrogen) atoms. The average Bonchev–Trinajstić information content (AvgIpc) is 3.06. The Bertz CT molecular complexity index is 835. The molecule has 0 aliphatic rings. The van der Waals surface area contributed by atoms with Crippen molar-refractivity contribution >= 4 is 19.8 Å². The minimum Gasteiger partial charge on any atom is -0.462 e. The minimum absolute atomic E-state index is 0.0366. The van der Waals surface area contributed by atoms with Gasteiger partial charge < -0.3 is 18.9 Å². The first-order chi connectivity index (χ1) is 24.0. The van der Waals surface area contributed by atoms with E-state index in [0.717, 1.165) is 38.5 Å². The van der Waals surface area contributed by atoms with Crippen LogP contribution in [0.5, 0.6) is 0 Å². The first kappa shape index (κ1) is 49.0. The molecule has 0 aromatic heterocycles. The van der Waals surface area contributed by atoms with Crippen LogP contribution in [-0.2, 0) is 32.7 Å². The van der Waals surface area contributed by atoms with Crippen LogP contribution in [0.15, 0.2) is 0 Å². The highest BCUT2D eigenvalue weighted by atomic mass is 31.2. The van der Waals surface area contributed by atoms with Crippen molar-refractivity contribution in [2.24, 2.45) is 0 Å². The summed E-state index contributed by atoms with van der Waals surface area (Å²) in [6.45, 7) is 4.44. The molecule has 0 amide bonds. The Balaban J connectivity index is 4.36. The zero-order valence-corrected chi connectivity index (χ0v) is 34.3. The van der Waals surface area contributed by atoms with Gasteiger partial charge in [0.05, 0.1) is 27.7 Å². The molecular weight excluding hydrogens is 653 g/mol. The van der Waals surface area contributed by atoms with Crippen LogP contribution in [0.4, 0.5) is 0 Å². The third-order valence-corrected chi connectivity index (χ3v) is 10.1. The van der Waals surface area contributed by atoms with Gasteiger partial charge in [0.2, 0.25) is 0 Å². The predicted molar refractivity (Wildman–Crippen MR) is 206 cm³/mol. The number of nitrogens with zero attached hydrogens (tertiary/aromatic N) is 1. The van der Waals surface area contributed by atoms with E-state index >= 15 is 0 Å². The molecule has 2 unspecified atom stereocenters. The molecule has 1 N–H and O–H groups in total. The predicted octanol–water partition coefficient (Wildman–Crippen LogP) is 11.2. The highest BCUT2D eigenvalue weighted by Crippen LogP contribution is 2.43.